The van der Waals surface area contributed by atoms with Gasteiger partial charge < -0.3 is 14.5 Å². The van der Waals surface area contributed by atoms with Crippen molar-refractivity contribution in [3.8, 4) is 5.75 Å². The summed E-state index contributed by atoms with van der Waals surface area (Å²) in [6, 6.07) is 12.6. The predicted molar refractivity (Wildman–Crippen MR) is 97.8 cm³/mol. The SMILES string of the molecule is COc1ccc2ccccc2c1CN1CCO[C@@H](c2ncc(C)[nH]2)C1. The molecule has 4 rings (SSSR count). The smallest absolute Gasteiger partial charge is 0.136 e. The van der Waals surface area contributed by atoms with E-state index < -0.39 is 0 Å². The zero-order valence-corrected chi connectivity index (χ0v) is 14.7. The third-order valence-electron chi connectivity index (χ3n) is 4.78. The molecule has 5 nitrogen and oxygen atoms in total. The standard InChI is InChI=1S/C20H23N3O2/c1-14-11-21-20(22-14)19-13-23(9-10-25-19)12-17-16-6-4-3-5-15(16)7-8-18(17)24-2/h3-8,11,19H,9-10,12-13H2,1-2H3,(H,21,22)/t19-/m1/s1. The van der Waals surface area contributed by atoms with Crippen LogP contribution in [-0.4, -0.2) is 41.7 Å². The second-order valence-corrected chi connectivity index (χ2v) is 6.51. The quantitative estimate of drug-likeness (QED) is 0.792. The number of rotatable bonds is 4. The second kappa shape index (κ2) is 6.86. The molecule has 2 aromatic carbocycles. The van der Waals surface area contributed by atoms with Crippen molar-refractivity contribution in [2.24, 2.45) is 0 Å². The number of nitrogens with one attached hydrogen (secondary N) is 1. The normalized spacial score (nSPS) is 18.6. The van der Waals surface area contributed by atoms with Crippen LogP contribution in [0.2, 0.25) is 0 Å². The number of ether oxygens (including phenoxy) is 2. The molecule has 1 N–H and O–H groups in total. The maximum Gasteiger partial charge on any atom is 0.136 e. The number of hydrogen-bond acceptors (Lipinski definition) is 4. The lowest BCUT2D eigenvalue weighted by atomic mass is 10.0. The van der Waals surface area contributed by atoms with Gasteiger partial charge in [-0.05, 0) is 23.8 Å². The van der Waals surface area contributed by atoms with Crippen LogP contribution < -0.4 is 4.74 Å². The van der Waals surface area contributed by atoms with Crippen LogP contribution in [0.25, 0.3) is 10.8 Å². The first-order chi connectivity index (χ1) is 12.2. The van der Waals surface area contributed by atoms with Crippen LogP contribution in [0.4, 0.5) is 0 Å². The number of fused-ring (bicyclic) bond motifs is 1. The molecule has 0 bridgehead atoms. The molecule has 0 radical (unpaired) electrons. The number of imidazole rings is 1. The molecule has 1 aliphatic heterocycles. The Morgan fingerprint density at radius 1 is 1.28 bits per heavy atom. The molecule has 1 atom stereocenters. The summed E-state index contributed by atoms with van der Waals surface area (Å²) < 4.78 is 11.6. The van der Waals surface area contributed by atoms with Gasteiger partial charge in [-0.15, -0.1) is 0 Å². The van der Waals surface area contributed by atoms with E-state index in [9.17, 15) is 0 Å². The first kappa shape index (κ1) is 16.1. The first-order valence-electron chi connectivity index (χ1n) is 8.64. The van der Waals surface area contributed by atoms with E-state index in [1.807, 2.05) is 13.1 Å². The highest BCUT2D eigenvalue weighted by Gasteiger charge is 2.25. The van der Waals surface area contributed by atoms with E-state index >= 15 is 0 Å². The third-order valence-corrected chi connectivity index (χ3v) is 4.78. The number of benzene rings is 2. The van der Waals surface area contributed by atoms with Gasteiger partial charge in [-0.2, -0.15) is 0 Å². The van der Waals surface area contributed by atoms with Gasteiger partial charge in [-0.1, -0.05) is 30.3 Å². The van der Waals surface area contributed by atoms with Crippen LogP contribution >= 0.6 is 0 Å². The van der Waals surface area contributed by atoms with Gasteiger partial charge in [0, 0.05) is 37.1 Å². The number of methoxy groups -OCH3 is 1. The Bertz CT molecular complexity index is 874. The van der Waals surface area contributed by atoms with Crippen molar-refractivity contribution < 1.29 is 9.47 Å². The summed E-state index contributed by atoms with van der Waals surface area (Å²) in [4.78, 5) is 10.1. The number of aromatic nitrogens is 2. The minimum atomic E-state index is -0.0107. The Kier molecular flexibility index (Phi) is 4.42. The highest BCUT2D eigenvalue weighted by Crippen LogP contribution is 2.30. The molecule has 3 aromatic rings. The van der Waals surface area contributed by atoms with Crippen LogP contribution in [0.5, 0.6) is 5.75 Å². The van der Waals surface area contributed by atoms with Crippen LogP contribution in [0.15, 0.2) is 42.6 Å². The van der Waals surface area contributed by atoms with E-state index in [0.717, 1.165) is 36.9 Å². The van der Waals surface area contributed by atoms with Gasteiger partial charge in [-0.25, -0.2) is 4.98 Å². The highest BCUT2D eigenvalue weighted by atomic mass is 16.5. The minimum Gasteiger partial charge on any atom is -0.496 e. The van der Waals surface area contributed by atoms with Gasteiger partial charge in [0.05, 0.1) is 13.7 Å². The van der Waals surface area contributed by atoms with Crippen molar-refractivity contribution in [2.75, 3.05) is 26.8 Å². The van der Waals surface area contributed by atoms with Crippen molar-refractivity contribution in [3.63, 3.8) is 0 Å². The van der Waals surface area contributed by atoms with Crippen molar-refractivity contribution in [1.29, 1.82) is 0 Å². The number of hydrogen-bond donors (Lipinski definition) is 1. The van der Waals surface area contributed by atoms with Crippen LogP contribution in [0.1, 0.15) is 23.2 Å². The molecular weight excluding hydrogens is 314 g/mol. The molecule has 25 heavy (non-hydrogen) atoms. The largest absolute Gasteiger partial charge is 0.496 e. The molecule has 0 amide bonds. The molecule has 1 saturated heterocycles. The first-order valence-corrected chi connectivity index (χ1v) is 8.64. The lowest BCUT2D eigenvalue weighted by molar-refractivity contribution is -0.0369. The van der Waals surface area contributed by atoms with Crippen molar-refractivity contribution >= 4 is 10.8 Å². The van der Waals surface area contributed by atoms with Gasteiger partial charge in [0.2, 0.25) is 0 Å². The van der Waals surface area contributed by atoms with E-state index in [-0.39, 0.29) is 6.10 Å². The van der Waals surface area contributed by atoms with Gasteiger partial charge in [0.15, 0.2) is 0 Å². The molecule has 130 valence electrons. The van der Waals surface area contributed by atoms with Gasteiger partial charge in [-0.3, -0.25) is 4.90 Å². The summed E-state index contributed by atoms with van der Waals surface area (Å²) in [5.74, 6) is 1.85. The average molecular weight is 337 g/mol. The van der Waals surface area contributed by atoms with E-state index in [2.05, 4.69) is 51.3 Å². The fourth-order valence-electron chi connectivity index (χ4n) is 3.50. The summed E-state index contributed by atoms with van der Waals surface area (Å²) in [7, 11) is 1.74. The van der Waals surface area contributed by atoms with Gasteiger partial charge in [0.1, 0.15) is 17.7 Å². The lowest BCUT2D eigenvalue weighted by Crippen LogP contribution is -2.38. The molecule has 0 unspecified atom stereocenters. The Balaban J connectivity index is 1.60. The summed E-state index contributed by atoms with van der Waals surface area (Å²) >= 11 is 0. The Hall–Kier alpha value is -2.37. The number of H-pyrrole nitrogens is 1. The fourth-order valence-corrected chi connectivity index (χ4v) is 3.50. The predicted octanol–water partition coefficient (Wildman–Crippen LogP) is 3.45. The monoisotopic (exact) mass is 337 g/mol. The zero-order chi connectivity index (χ0) is 17.2. The van der Waals surface area contributed by atoms with Crippen LogP contribution in [0.3, 0.4) is 0 Å². The summed E-state index contributed by atoms with van der Waals surface area (Å²) in [6.45, 7) is 5.28. The van der Waals surface area contributed by atoms with Crippen molar-refractivity contribution in [1.82, 2.24) is 14.9 Å². The Morgan fingerprint density at radius 3 is 2.96 bits per heavy atom. The lowest BCUT2D eigenvalue weighted by Gasteiger charge is -2.32. The van der Waals surface area contributed by atoms with E-state index in [1.165, 1.54) is 16.3 Å². The summed E-state index contributed by atoms with van der Waals surface area (Å²) in [6.07, 6.45) is 1.84. The molecule has 1 aromatic heterocycles. The molecular formula is C20H23N3O2. The van der Waals surface area contributed by atoms with Gasteiger partial charge in [0.25, 0.3) is 0 Å². The number of nitrogens with zero attached hydrogens (tertiary/aromatic N) is 2. The summed E-state index contributed by atoms with van der Waals surface area (Å²) in [5, 5.41) is 2.49. The summed E-state index contributed by atoms with van der Waals surface area (Å²) in [5.41, 5.74) is 2.29. The molecule has 5 heteroatoms. The molecule has 0 aliphatic carbocycles. The molecule has 0 saturated carbocycles. The third kappa shape index (κ3) is 3.25. The number of aryl methyl sites for hydroxylation is 1. The van der Waals surface area contributed by atoms with Gasteiger partial charge >= 0.3 is 0 Å². The van der Waals surface area contributed by atoms with E-state index in [0.29, 0.717) is 6.61 Å². The number of aromatic amines is 1. The van der Waals surface area contributed by atoms with Crippen LogP contribution in [-0.2, 0) is 11.3 Å². The average Bonchev–Trinajstić information content (AvgIpc) is 3.09. The molecule has 1 aliphatic rings. The van der Waals surface area contributed by atoms with Crippen molar-refractivity contribution in [3.05, 3.63) is 59.7 Å². The maximum atomic E-state index is 5.92. The minimum absolute atomic E-state index is 0.0107. The van der Waals surface area contributed by atoms with E-state index in [1.54, 1.807) is 7.11 Å². The molecule has 1 fully saturated rings. The second-order valence-electron chi connectivity index (χ2n) is 6.51. The maximum absolute atomic E-state index is 5.92. The Morgan fingerprint density at radius 2 is 2.16 bits per heavy atom. The fraction of sp³-hybridized carbons (Fsp3) is 0.350. The molecule has 2 heterocycles. The van der Waals surface area contributed by atoms with E-state index in [4.69, 9.17) is 9.47 Å². The van der Waals surface area contributed by atoms with Crippen molar-refractivity contribution in [2.45, 2.75) is 19.6 Å². The molecule has 0 spiro atoms. The van der Waals surface area contributed by atoms with Crippen LogP contribution in [0, 0.1) is 6.92 Å². The highest BCUT2D eigenvalue weighted by molar-refractivity contribution is 5.87. The zero-order valence-electron chi connectivity index (χ0n) is 14.7. The topological polar surface area (TPSA) is 50.4 Å². The number of morpholine rings is 1. The Labute approximate surface area is 147 Å².